The van der Waals surface area contributed by atoms with Crippen LogP contribution >= 0.6 is 0 Å². The van der Waals surface area contributed by atoms with Crippen molar-refractivity contribution in [3.8, 4) is 17.0 Å². The van der Waals surface area contributed by atoms with Crippen molar-refractivity contribution >= 4 is 12.2 Å². The number of nitrogens with zero attached hydrogens (tertiary/aromatic N) is 6. The number of aromatic nitrogens is 3. The number of hydrogen-bond donors (Lipinski definition) is 1. The van der Waals surface area contributed by atoms with Gasteiger partial charge in [0, 0.05) is 49.1 Å². The van der Waals surface area contributed by atoms with E-state index in [1.54, 1.807) is 12.3 Å². The zero-order valence-corrected chi connectivity index (χ0v) is 20.9. The van der Waals surface area contributed by atoms with Crippen molar-refractivity contribution in [3.63, 3.8) is 0 Å². The summed E-state index contributed by atoms with van der Waals surface area (Å²) in [5.41, 5.74) is 3.50. The number of carbonyl (C=O) groups is 1. The predicted molar refractivity (Wildman–Crippen MR) is 132 cm³/mol. The SMILES string of the molecule is Cc1nn(C2CNC2)c(C)c1-c1cc(OC2CN(C(=O)N3N=CC[C@H]3c3cc(F)cc(F)c3)C2)c(F)cn1. The number of carbonyl (C=O) groups excluding carboxylic acids is 1. The van der Waals surface area contributed by atoms with Gasteiger partial charge < -0.3 is 15.0 Å². The third kappa shape index (κ3) is 4.28. The second-order valence-electron chi connectivity index (χ2n) is 9.83. The van der Waals surface area contributed by atoms with E-state index in [9.17, 15) is 18.0 Å². The molecule has 2 aromatic heterocycles. The molecule has 3 aliphatic heterocycles. The first-order chi connectivity index (χ1) is 18.3. The van der Waals surface area contributed by atoms with E-state index in [4.69, 9.17) is 4.74 Å². The summed E-state index contributed by atoms with van der Waals surface area (Å²) in [5.74, 6) is -1.97. The highest BCUT2D eigenvalue weighted by atomic mass is 19.1. The van der Waals surface area contributed by atoms with Crippen LogP contribution in [0.1, 0.15) is 35.5 Å². The molecule has 5 heterocycles. The second-order valence-corrected chi connectivity index (χ2v) is 9.83. The van der Waals surface area contributed by atoms with Crippen LogP contribution in [0, 0.1) is 31.3 Å². The minimum atomic E-state index is -0.715. The van der Waals surface area contributed by atoms with Crippen molar-refractivity contribution in [3.05, 3.63) is 64.9 Å². The molecule has 2 saturated heterocycles. The fraction of sp³-hybridized carbons (Fsp3) is 0.385. The molecular formula is C26H26F3N7O2. The number of pyridine rings is 1. The van der Waals surface area contributed by atoms with Crippen molar-refractivity contribution in [2.24, 2.45) is 5.10 Å². The number of likely N-dealkylation sites (tertiary alicyclic amines) is 1. The Bertz CT molecular complexity index is 1410. The molecule has 2 amide bonds. The predicted octanol–water partition coefficient (Wildman–Crippen LogP) is 3.74. The molecule has 0 bridgehead atoms. The van der Waals surface area contributed by atoms with Crippen LogP contribution in [-0.4, -0.2) is 69.2 Å². The highest BCUT2D eigenvalue weighted by molar-refractivity contribution is 5.79. The number of benzene rings is 1. The van der Waals surface area contributed by atoms with Crippen LogP contribution < -0.4 is 10.1 Å². The van der Waals surface area contributed by atoms with Crippen molar-refractivity contribution in [1.29, 1.82) is 0 Å². The number of hydrogen-bond acceptors (Lipinski definition) is 6. The van der Waals surface area contributed by atoms with E-state index < -0.39 is 35.6 Å². The van der Waals surface area contributed by atoms with Crippen molar-refractivity contribution in [2.75, 3.05) is 26.2 Å². The Balaban J connectivity index is 1.13. The number of halogens is 3. The quantitative estimate of drug-likeness (QED) is 0.549. The first-order valence-electron chi connectivity index (χ1n) is 12.4. The Morgan fingerprint density at radius 3 is 2.50 bits per heavy atom. The number of hydrazone groups is 1. The van der Waals surface area contributed by atoms with Crippen LogP contribution in [0.4, 0.5) is 18.0 Å². The number of nitrogens with one attached hydrogen (secondary N) is 1. The zero-order chi connectivity index (χ0) is 26.6. The molecule has 0 aliphatic carbocycles. The van der Waals surface area contributed by atoms with Gasteiger partial charge >= 0.3 is 6.03 Å². The van der Waals surface area contributed by atoms with Gasteiger partial charge in [0.15, 0.2) is 11.6 Å². The van der Waals surface area contributed by atoms with Gasteiger partial charge in [0.1, 0.15) is 17.7 Å². The Labute approximate surface area is 216 Å². The summed E-state index contributed by atoms with van der Waals surface area (Å²) in [6.07, 6.45) is 2.60. The lowest BCUT2D eigenvalue weighted by atomic mass is 10.0. The average molecular weight is 526 g/mol. The van der Waals surface area contributed by atoms with E-state index >= 15 is 0 Å². The fourth-order valence-corrected chi connectivity index (χ4v) is 5.12. The summed E-state index contributed by atoms with van der Waals surface area (Å²) in [6, 6.07) is 4.03. The maximum Gasteiger partial charge on any atom is 0.341 e. The Morgan fingerprint density at radius 2 is 1.82 bits per heavy atom. The first-order valence-corrected chi connectivity index (χ1v) is 12.4. The molecule has 1 atom stereocenters. The van der Waals surface area contributed by atoms with E-state index in [1.807, 2.05) is 18.5 Å². The number of urea groups is 1. The lowest BCUT2D eigenvalue weighted by Gasteiger charge is -2.41. The van der Waals surface area contributed by atoms with Crippen LogP contribution in [0.3, 0.4) is 0 Å². The van der Waals surface area contributed by atoms with Crippen LogP contribution in [0.2, 0.25) is 0 Å². The van der Waals surface area contributed by atoms with Gasteiger partial charge in [-0.05, 0) is 31.5 Å². The summed E-state index contributed by atoms with van der Waals surface area (Å²) >= 11 is 0. The molecule has 6 rings (SSSR count). The monoisotopic (exact) mass is 525 g/mol. The van der Waals surface area contributed by atoms with E-state index in [1.165, 1.54) is 22.0 Å². The fourth-order valence-electron chi connectivity index (χ4n) is 5.12. The zero-order valence-electron chi connectivity index (χ0n) is 20.9. The van der Waals surface area contributed by atoms with Crippen molar-refractivity contribution in [2.45, 2.75) is 38.5 Å². The van der Waals surface area contributed by atoms with E-state index in [2.05, 4.69) is 20.5 Å². The Morgan fingerprint density at radius 1 is 1.08 bits per heavy atom. The highest BCUT2D eigenvalue weighted by Crippen LogP contribution is 2.34. The molecule has 198 valence electrons. The van der Waals surface area contributed by atoms with Gasteiger partial charge in [-0.2, -0.15) is 10.2 Å². The first kappa shape index (κ1) is 24.4. The maximum atomic E-state index is 14.6. The molecule has 3 aliphatic rings. The van der Waals surface area contributed by atoms with Crippen molar-refractivity contribution in [1.82, 2.24) is 30.0 Å². The Hall–Kier alpha value is -3.93. The maximum absolute atomic E-state index is 14.6. The van der Waals surface area contributed by atoms with Gasteiger partial charge in [-0.25, -0.2) is 23.0 Å². The number of rotatable bonds is 5. The molecular weight excluding hydrogens is 499 g/mol. The summed E-state index contributed by atoms with van der Waals surface area (Å²) in [5, 5.41) is 13.2. The second kappa shape index (κ2) is 9.43. The number of aryl methyl sites for hydroxylation is 1. The molecule has 0 spiro atoms. The smallest absolute Gasteiger partial charge is 0.341 e. The molecule has 0 unspecified atom stereocenters. The molecule has 2 fully saturated rings. The minimum absolute atomic E-state index is 0.0521. The van der Waals surface area contributed by atoms with Crippen LogP contribution in [0.5, 0.6) is 5.75 Å². The molecule has 9 nitrogen and oxygen atoms in total. The van der Waals surface area contributed by atoms with Crippen molar-refractivity contribution < 1.29 is 22.7 Å². The molecule has 3 aromatic rings. The topological polar surface area (TPSA) is 87.9 Å². The third-order valence-electron chi connectivity index (χ3n) is 7.21. The van der Waals surface area contributed by atoms with Crippen LogP contribution in [0.15, 0.2) is 35.6 Å². The Kier molecular flexibility index (Phi) is 6.05. The lowest BCUT2D eigenvalue weighted by molar-refractivity contribution is 0.0256. The standard InChI is InChI=1S/C26H26F3N7O2/c1-14-25(15(2)35(33-14)19-9-30-10-19)22-8-24(21(29)11-31-22)38-20-12-34(13-20)26(37)36-23(3-4-32-36)16-5-17(27)7-18(28)6-16/h4-8,11,19-20,23,30H,3,9-10,12-13H2,1-2H3/t23-/m0/s1. The molecule has 0 radical (unpaired) electrons. The molecule has 0 saturated carbocycles. The van der Waals surface area contributed by atoms with Gasteiger partial charge in [-0.15, -0.1) is 0 Å². The van der Waals surface area contributed by atoms with E-state index in [0.29, 0.717) is 17.7 Å². The molecule has 1 aromatic carbocycles. The largest absolute Gasteiger partial charge is 0.483 e. The normalized spacial score (nSPS) is 19.6. The third-order valence-corrected chi connectivity index (χ3v) is 7.21. The van der Waals surface area contributed by atoms with E-state index in [-0.39, 0.29) is 24.9 Å². The average Bonchev–Trinajstić information content (AvgIpc) is 3.40. The molecule has 38 heavy (non-hydrogen) atoms. The van der Waals surface area contributed by atoms with Gasteiger partial charge in [-0.1, -0.05) is 0 Å². The van der Waals surface area contributed by atoms with Gasteiger partial charge in [0.25, 0.3) is 0 Å². The van der Waals surface area contributed by atoms with Gasteiger partial charge in [0.2, 0.25) is 0 Å². The molecule has 1 N–H and O–H groups in total. The van der Waals surface area contributed by atoms with E-state index in [0.717, 1.165) is 42.3 Å². The summed E-state index contributed by atoms with van der Waals surface area (Å²) in [7, 11) is 0. The van der Waals surface area contributed by atoms with Crippen LogP contribution in [0.25, 0.3) is 11.3 Å². The van der Waals surface area contributed by atoms with Gasteiger partial charge in [0.05, 0.1) is 42.8 Å². The van der Waals surface area contributed by atoms with Crippen LogP contribution in [-0.2, 0) is 0 Å². The lowest BCUT2D eigenvalue weighted by Crippen LogP contribution is -2.58. The van der Waals surface area contributed by atoms with Gasteiger partial charge in [-0.3, -0.25) is 9.67 Å². The highest BCUT2D eigenvalue weighted by Gasteiger charge is 2.39. The summed E-state index contributed by atoms with van der Waals surface area (Å²) < 4.78 is 49.9. The number of ether oxygens (including phenoxy) is 1. The summed E-state index contributed by atoms with van der Waals surface area (Å²) in [4.78, 5) is 18.8. The molecule has 12 heteroatoms. The number of amides is 2. The minimum Gasteiger partial charge on any atom is -0.483 e. The summed E-state index contributed by atoms with van der Waals surface area (Å²) in [6.45, 7) is 6.02.